The number of nitrogens with zero attached hydrogens (tertiary/aromatic N) is 1. The molecule has 0 aromatic heterocycles. The van der Waals surface area contributed by atoms with Gasteiger partial charge in [0.1, 0.15) is 0 Å². The summed E-state index contributed by atoms with van der Waals surface area (Å²) in [5.41, 5.74) is 4.79. The topological polar surface area (TPSA) is 83.6 Å². The van der Waals surface area contributed by atoms with Crippen molar-refractivity contribution in [1.29, 1.82) is 0 Å². The summed E-state index contributed by atoms with van der Waals surface area (Å²) in [6.45, 7) is 2.89. The molecule has 1 aliphatic rings. The average molecular weight is 304 g/mol. The van der Waals surface area contributed by atoms with E-state index >= 15 is 0 Å². The van der Waals surface area contributed by atoms with Gasteiger partial charge in [-0.3, -0.25) is 9.59 Å². The maximum absolute atomic E-state index is 12.5. The van der Waals surface area contributed by atoms with Crippen LogP contribution in [0.3, 0.4) is 0 Å². The van der Waals surface area contributed by atoms with Gasteiger partial charge in [0.05, 0.1) is 12.0 Å². The molecule has 2 amide bonds. The van der Waals surface area contributed by atoms with E-state index in [0.717, 1.165) is 18.4 Å². The molecule has 1 aromatic carbocycles. The number of benzene rings is 1. The van der Waals surface area contributed by atoms with E-state index in [0.29, 0.717) is 19.5 Å². The molecule has 0 bridgehead atoms. The molecule has 0 saturated carbocycles. The first-order chi connectivity index (χ1) is 10.4. The lowest BCUT2D eigenvalue weighted by atomic mass is 9.90. The van der Waals surface area contributed by atoms with Crippen LogP contribution >= 0.6 is 0 Å². The Labute approximate surface area is 131 Å². The van der Waals surface area contributed by atoms with Crippen LogP contribution in [-0.2, 0) is 15.2 Å². The summed E-state index contributed by atoms with van der Waals surface area (Å²) in [5, 5.41) is 10.6. The summed E-state index contributed by atoms with van der Waals surface area (Å²) in [4.78, 5) is 25.2. The van der Waals surface area contributed by atoms with Crippen molar-refractivity contribution in [3.63, 3.8) is 0 Å². The van der Waals surface area contributed by atoms with Crippen LogP contribution in [0.4, 0.5) is 0 Å². The number of likely N-dealkylation sites (tertiary alicyclic amines) is 1. The Kier molecular flexibility index (Phi) is 5.19. The summed E-state index contributed by atoms with van der Waals surface area (Å²) < 4.78 is 0. The first kappa shape index (κ1) is 16.5. The Morgan fingerprint density at radius 2 is 2.05 bits per heavy atom. The standard InChI is InChI=1S/C17H24N2O3/c1-17(22,14-7-3-2-4-8-14)11-16(21)19-9-5-6-13(12-19)10-15(18)20/h2-4,7-8,13,22H,5-6,9-12H2,1H3,(H2,18,20). The third kappa shape index (κ3) is 4.31. The molecule has 1 aromatic rings. The smallest absolute Gasteiger partial charge is 0.225 e. The van der Waals surface area contributed by atoms with Crippen LogP contribution in [0.1, 0.15) is 38.2 Å². The van der Waals surface area contributed by atoms with Crippen molar-refractivity contribution < 1.29 is 14.7 Å². The zero-order valence-electron chi connectivity index (χ0n) is 13.0. The van der Waals surface area contributed by atoms with E-state index in [1.807, 2.05) is 30.3 Å². The van der Waals surface area contributed by atoms with E-state index in [1.54, 1.807) is 11.8 Å². The van der Waals surface area contributed by atoms with E-state index < -0.39 is 5.60 Å². The molecule has 1 saturated heterocycles. The molecule has 1 fully saturated rings. The van der Waals surface area contributed by atoms with Crippen molar-refractivity contribution in [3.05, 3.63) is 35.9 Å². The van der Waals surface area contributed by atoms with E-state index in [4.69, 9.17) is 5.73 Å². The minimum Gasteiger partial charge on any atom is -0.385 e. The Hall–Kier alpha value is -1.88. The summed E-state index contributed by atoms with van der Waals surface area (Å²) >= 11 is 0. The summed E-state index contributed by atoms with van der Waals surface area (Å²) in [6.07, 6.45) is 2.15. The number of aliphatic hydroxyl groups is 1. The largest absolute Gasteiger partial charge is 0.385 e. The summed E-state index contributed by atoms with van der Waals surface area (Å²) in [6, 6.07) is 9.20. The number of primary amides is 1. The van der Waals surface area contributed by atoms with Gasteiger partial charge in [0, 0.05) is 19.5 Å². The fraction of sp³-hybridized carbons (Fsp3) is 0.529. The molecule has 1 heterocycles. The highest BCUT2D eigenvalue weighted by atomic mass is 16.3. The molecule has 2 unspecified atom stereocenters. The van der Waals surface area contributed by atoms with Crippen molar-refractivity contribution >= 4 is 11.8 Å². The number of carbonyl (C=O) groups is 2. The highest BCUT2D eigenvalue weighted by molar-refractivity contribution is 5.78. The monoisotopic (exact) mass is 304 g/mol. The Morgan fingerprint density at radius 1 is 1.36 bits per heavy atom. The highest BCUT2D eigenvalue weighted by Crippen LogP contribution is 2.27. The predicted octanol–water partition coefficient (Wildman–Crippen LogP) is 1.40. The van der Waals surface area contributed by atoms with E-state index in [9.17, 15) is 14.7 Å². The summed E-state index contributed by atoms with van der Waals surface area (Å²) in [5.74, 6) is -0.268. The molecule has 2 rings (SSSR count). The van der Waals surface area contributed by atoms with Gasteiger partial charge in [-0.25, -0.2) is 0 Å². The van der Waals surface area contributed by atoms with Crippen molar-refractivity contribution in [2.24, 2.45) is 11.7 Å². The van der Waals surface area contributed by atoms with Crippen LogP contribution in [0.25, 0.3) is 0 Å². The van der Waals surface area contributed by atoms with E-state index in [1.165, 1.54) is 0 Å². The molecular formula is C17H24N2O3. The molecule has 5 heteroatoms. The number of hydrogen-bond acceptors (Lipinski definition) is 3. The number of amides is 2. The SMILES string of the molecule is CC(O)(CC(=O)N1CCCC(CC(N)=O)C1)c1ccccc1. The van der Waals surface area contributed by atoms with Crippen molar-refractivity contribution in [3.8, 4) is 0 Å². The summed E-state index contributed by atoms with van der Waals surface area (Å²) in [7, 11) is 0. The van der Waals surface area contributed by atoms with Gasteiger partial charge in [-0.2, -0.15) is 0 Å². The Balaban J connectivity index is 1.98. The molecule has 3 N–H and O–H groups in total. The second-order valence-electron chi connectivity index (χ2n) is 6.34. The van der Waals surface area contributed by atoms with Crippen LogP contribution in [-0.4, -0.2) is 34.9 Å². The lowest BCUT2D eigenvalue weighted by molar-refractivity contribution is -0.138. The van der Waals surface area contributed by atoms with Gasteiger partial charge in [-0.1, -0.05) is 30.3 Å². The lowest BCUT2D eigenvalue weighted by Crippen LogP contribution is -2.43. The fourth-order valence-corrected chi connectivity index (χ4v) is 3.05. The molecule has 0 aliphatic carbocycles. The molecular weight excluding hydrogens is 280 g/mol. The van der Waals surface area contributed by atoms with Crippen LogP contribution in [0.5, 0.6) is 0 Å². The number of hydrogen-bond donors (Lipinski definition) is 2. The predicted molar refractivity (Wildman–Crippen MR) is 83.7 cm³/mol. The fourth-order valence-electron chi connectivity index (χ4n) is 3.05. The third-order valence-corrected chi connectivity index (χ3v) is 4.25. The second kappa shape index (κ2) is 6.92. The third-order valence-electron chi connectivity index (χ3n) is 4.25. The zero-order chi connectivity index (χ0) is 16.2. The van der Waals surface area contributed by atoms with Crippen molar-refractivity contribution in [2.45, 2.75) is 38.2 Å². The number of nitrogens with two attached hydrogens (primary N) is 1. The quantitative estimate of drug-likeness (QED) is 0.862. The van der Waals surface area contributed by atoms with Crippen LogP contribution < -0.4 is 5.73 Å². The Morgan fingerprint density at radius 3 is 2.68 bits per heavy atom. The van der Waals surface area contributed by atoms with Gasteiger partial charge in [0.25, 0.3) is 0 Å². The number of carbonyl (C=O) groups excluding carboxylic acids is 2. The molecule has 0 radical (unpaired) electrons. The van der Waals surface area contributed by atoms with Gasteiger partial charge in [0.15, 0.2) is 0 Å². The molecule has 1 aliphatic heterocycles. The van der Waals surface area contributed by atoms with Gasteiger partial charge in [-0.05, 0) is 31.2 Å². The van der Waals surface area contributed by atoms with Gasteiger partial charge >= 0.3 is 0 Å². The van der Waals surface area contributed by atoms with Gasteiger partial charge in [-0.15, -0.1) is 0 Å². The molecule has 22 heavy (non-hydrogen) atoms. The second-order valence-corrected chi connectivity index (χ2v) is 6.34. The maximum atomic E-state index is 12.5. The van der Waals surface area contributed by atoms with Crippen molar-refractivity contribution in [1.82, 2.24) is 4.90 Å². The van der Waals surface area contributed by atoms with E-state index in [-0.39, 0.29) is 24.2 Å². The van der Waals surface area contributed by atoms with Crippen LogP contribution in [0, 0.1) is 5.92 Å². The first-order valence-corrected chi connectivity index (χ1v) is 7.72. The maximum Gasteiger partial charge on any atom is 0.225 e. The first-order valence-electron chi connectivity index (χ1n) is 7.72. The molecule has 120 valence electrons. The minimum atomic E-state index is -1.19. The normalized spacial score (nSPS) is 21.2. The van der Waals surface area contributed by atoms with Crippen LogP contribution in [0.15, 0.2) is 30.3 Å². The molecule has 0 spiro atoms. The highest BCUT2D eigenvalue weighted by Gasteiger charge is 2.31. The van der Waals surface area contributed by atoms with Gasteiger partial charge < -0.3 is 15.7 Å². The Bertz CT molecular complexity index is 528. The van der Waals surface area contributed by atoms with Crippen LogP contribution in [0.2, 0.25) is 0 Å². The van der Waals surface area contributed by atoms with E-state index in [2.05, 4.69) is 0 Å². The molecule has 5 nitrogen and oxygen atoms in total. The zero-order valence-corrected chi connectivity index (χ0v) is 13.0. The molecule has 2 atom stereocenters. The average Bonchev–Trinajstić information content (AvgIpc) is 2.47. The van der Waals surface area contributed by atoms with Gasteiger partial charge in [0.2, 0.25) is 11.8 Å². The minimum absolute atomic E-state index is 0.0420. The number of rotatable bonds is 5. The number of piperidine rings is 1. The van der Waals surface area contributed by atoms with Crippen molar-refractivity contribution in [2.75, 3.05) is 13.1 Å². The lowest BCUT2D eigenvalue weighted by Gasteiger charge is -2.34.